The molecule has 11 saturated heterocycles. The molecule has 0 aromatic heterocycles. The number of aliphatic hydroxyl groups is 31. The van der Waals surface area contributed by atoms with Crippen LogP contribution in [0.4, 0.5) is 0 Å². The van der Waals surface area contributed by atoms with Crippen molar-refractivity contribution >= 4 is 23.6 Å². The fourth-order valence-corrected chi connectivity index (χ4v) is 17.4. The van der Waals surface area contributed by atoms with Crippen molar-refractivity contribution in [1.29, 1.82) is 0 Å². The third kappa shape index (κ3) is 24.0. The van der Waals surface area contributed by atoms with Crippen LogP contribution in [-0.4, -0.2) is 592 Å². The van der Waals surface area contributed by atoms with Gasteiger partial charge in [0.15, 0.2) is 69.2 Å². The molecule has 0 bridgehead atoms. The van der Waals surface area contributed by atoms with Crippen LogP contribution >= 0.6 is 0 Å². The highest BCUT2D eigenvalue weighted by molar-refractivity contribution is 5.74. The molecular weight excluding hydrogens is 1840 g/mol. The Morgan fingerprint density at radius 1 is 0.194 bits per heavy atom. The molecule has 0 spiro atoms. The van der Waals surface area contributed by atoms with E-state index < -0.39 is 434 Å². The van der Waals surface area contributed by atoms with Gasteiger partial charge in [-0.25, -0.2) is 0 Å². The van der Waals surface area contributed by atoms with Gasteiger partial charge in [0, 0.05) is 27.7 Å². The van der Waals surface area contributed by atoms with Crippen LogP contribution in [0.25, 0.3) is 0 Å². The van der Waals surface area contributed by atoms with Gasteiger partial charge in [0.2, 0.25) is 23.6 Å². The van der Waals surface area contributed by atoms with Crippen LogP contribution in [0.1, 0.15) is 27.7 Å². The van der Waals surface area contributed by atoms with Crippen molar-refractivity contribution in [1.82, 2.24) is 21.3 Å². The van der Waals surface area contributed by atoms with Crippen molar-refractivity contribution in [2.75, 3.05) is 72.7 Å². The Hall–Kier alpha value is -4.20. The Morgan fingerprint density at radius 3 is 0.716 bits per heavy atom. The van der Waals surface area contributed by atoms with E-state index >= 15 is 0 Å². The van der Waals surface area contributed by atoms with Crippen molar-refractivity contribution in [3.63, 3.8) is 0 Å². The summed E-state index contributed by atoms with van der Waals surface area (Å²) >= 11 is 0. The second kappa shape index (κ2) is 48.3. The molecule has 0 aliphatic carbocycles. The van der Waals surface area contributed by atoms with Crippen molar-refractivity contribution in [3.05, 3.63) is 0 Å². The molecule has 60 heteroatoms. The van der Waals surface area contributed by atoms with Gasteiger partial charge in [0.25, 0.3) is 0 Å². The molecule has 35 N–H and O–H groups in total. The minimum absolute atomic E-state index is 0.816. The highest BCUT2D eigenvalue weighted by atomic mass is 16.8. The molecule has 0 saturated carbocycles. The number of amides is 4. The first kappa shape index (κ1) is 110. The fraction of sp³-hybridized carbons (Fsp3) is 0.946. The summed E-state index contributed by atoms with van der Waals surface area (Å²) in [6.45, 7) is -8.91. The van der Waals surface area contributed by atoms with E-state index in [1.54, 1.807) is 0 Å². The third-order valence-corrected chi connectivity index (χ3v) is 24.6. The Balaban J connectivity index is 0.899. The summed E-state index contributed by atoms with van der Waals surface area (Å²) in [4.78, 5) is 51.7. The van der Waals surface area contributed by atoms with Gasteiger partial charge in [-0.05, 0) is 0 Å². The second-order valence-electron chi connectivity index (χ2n) is 33.8. The molecular formula is C74H124N4O56. The van der Waals surface area contributed by atoms with Crippen LogP contribution in [0.15, 0.2) is 0 Å². The summed E-state index contributed by atoms with van der Waals surface area (Å²) in [5.41, 5.74) is 0. The van der Waals surface area contributed by atoms with E-state index in [1.165, 1.54) is 0 Å². The third-order valence-electron chi connectivity index (χ3n) is 24.6. The van der Waals surface area contributed by atoms with E-state index in [-0.39, 0.29) is 0 Å². The number of hydrogen-bond acceptors (Lipinski definition) is 56. The number of ether oxygens (including phenoxy) is 21. The first-order valence-corrected chi connectivity index (χ1v) is 42.7. The zero-order valence-corrected chi connectivity index (χ0v) is 71.6. The number of aliphatic hydroxyl groups excluding tert-OH is 31. The Labute approximate surface area is 757 Å². The lowest BCUT2D eigenvalue weighted by atomic mass is 9.93. The van der Waals surface area contributed by atoms with Crippen molar-refractivity contribution in [3.8, 4) is 0 Å². The van der Waals surface area contributed by atoms with E-state index in [1.807, 2.05) is 0 Å². The molecule has 4 amide bonds. The fourth-order valence-electron chi connectivity index (χ4n) is 17.4. The molecule has 0 aromatic rings. The monoisotopic (exact) mass is 1960 g/mol. The predicted octanol–water partition coefficient (Wildman–Crippen LogP) is -24.4. The number of hydrogen-bond donors (Lipinski definition) is 35. The summed E-state index contributed by atoms with van der Waals surface area (Å²) in [7, 11) is 0. The maximum atomic E-state index is 13.2. The maximum absolute atomic E-state index is 13.2. The normalized spacial score (nSPS) is 49.8. The molecule has 11 aliphatic heterocycles. The van der Waals surface area contributed by atoms with Gasteiger partial charge >= 0.3 is 0 Å². The summed E-state index contributed by atoms with van der Waals surface area (Å²) < 4.78 is 124. The average molecular weight is 1970 g/mol. The summed E-state index contributed by atoms with van der Waals surface area (Å²) in [6, 6.07) is -7.79. The van der Waals surface area contributed by atoms with Crippen LogP contribution in [0.3, 0.4) is 0 Å². The highest BCUT2D eigenvalue weighted by Crippen LogP contribution is 2.42. The molecule has 11 fully saturated rings. The molecule has 11 heterocycles. The van der Waals surface area contributed by atoms with Crippen molar-refractivity contribution in [2.45, 2.75) is 365 Å². The van der Waals surface area contributed by atoms with Crippen LogP contribution in [-0.2, 0) is 119 Å². The lowest BCUT2D eigenvalue weighted by Gasteiger charge is -2.51. The molecule has 134 heavy (non-hydrogen) atoms. The van der Waals surface area contributed by atoms with Gasteiger partial charge in [-0.2, -0.15) is 0 Å². The minimum Gasteiger partial charge on any atom is -0.394 e. The standard InChI is InChI=1S/C74H124N4O56/c1-16(89)75-31-42(100)55(26(11-85)115-64(31)113)126-65-32(76-17(2)90)43(101)58(27(12-86)122-65)129-72-54(112)61(132-74-63(49(107)38(96)23(8-82)121-74)134-67-34(78-19(4)92)45(103)57(29(14-88)124-67)128-71-53(111)60(40(98)25(10-84)119-71)131-69-51(109)47(105)36(94)21(6-80)117-69)41(99)30(125-72)15-114-73-62(48(106)37(95)22(7-81)120-73)133-66-33(77-18(3)91)44(102)56(28(13-87)123-66)127-70-52(110)59(39(97)24(9-83)118-70)130-68-50(108)46(104)35(93)20(5-79)116-68/h20-74,79-88,93-113H,5-15H2,1-4H3,(H,75,89)(H,76,90)(H,77,91)(H,78,92)/t20-,21-,22-,23-,24-,25-,26-,27-,28-,29-,30-,31-,32-,33-,34-,35+,36+,37-,38-,39+,40+,41-,42-,43-,44-,45-,46+,47+,48+,49+,50-,51-,52-,53-,54+,55-,56-,57-,58-,59+,60+,61+,62+,63+,64?,65+,66+,67+,68+,69+,70+,71+,72+,73+,74-/m1/s1. The molecule has 0 aromatic carbocycles. The molecule has 11 rings (SSSR count). The largest absolute Gasteiger partial charge is 0.394 e. The number of carbonyl (C=O) groups is 4. The number of nitrogens with one attached hydrogen (secondary N) is 4. The lowest BCUT2D eigenvalue weighted by Crippen LogP contribution is -2.71. The van der Waals surface area contributed by atoms with E-state index in [0.717, 1.165) is 27.7 Å². The van der Waals surface area contributed by atoms with Crippen LogP contribution in [0.2, 0.25) is 0 Å². The van der Waals surface area contributed by atoms with Gasteiger partial charge in [0.05, 0.1) is 72.7 Å². The van der Waals surface area contributed by atoms with Gasteiger partial charge in [-0.1, -0.05) is 0 Å². The van der Waals surface area contributed by atoms with Gasteiger partial charge in [-0.3, -0.25) is 19.2 Å². The van der Waals surface area contributed by atoms with Crippen LogP contribution in [0.5, 0.6) is 0 Å². The summed E-state index contributed by atoms with van der Waals surface area (Å²) in [6.07, 6.45) is -109. The van der Waals surface area contributed by atoms with E-state index in [9.17, 15) is 177 Å². The summed E-state index contributed by atoms with van der Waals surface area (Å²) in [5, 5.41) is 356. The smallest absolute Gasteiger partial charge is 0.217 e. The molecule has 55 atom stereocenters. The molecule has 1 unspecified atom stereocenters. The van der Waals surface area contributed by atoms with Crippen LogP contribution < -0.4 is 21.3 Å². The zero-order chi connectivity index (χ0) is 98.5. The molecule has 11 aliphatic rings. The van der Waals surface area contributed by atoms with E-state index in [0.29, 0.717) is 0 Å². The van der Waals surface area contributed by atoms with Gasteiger partial charge in [0.1, 0.15) is 268 Å². The highest BCUT2D eigenvalue weighted by Gasteiger charge is 2.63. The molecule has 776 valence electrons. The lowest BCUT2D eigenvalue weighted by molar-refractivity contribution is -0.400. The Morgan fingerprint density at radius 2 is 0.403 bits per heavy atom. The predicted molar refractivity (Wildman–Crippen MR) is 409 cm³/mol. The SMILES string of the molecule is CC(=O)N[C@H]1[C@H](O[C@H]2[C@H](O)[C@@H](NC(C)=O)C(O)O[C@@H]2CO)O[C@H](CO)[C@@H](O[C@@H]2O[C@H](CO[C@H]3O[C@H](CO)[C@@H](O)[C@H](O)[C@@H]3O[C@@H]3O[C@H](CO)[C@@H](O[C@@H]4O[C@H](CO)[C@H](O)[C@H](O[C@@H]5O[C@H](CO)[C@H](O)[C@H](O)[C@H]5O)[C@H]4O)[C@H](O)[C@H]3NC(C)=O)[C@@H](O)[C@H](O[C@H]3O[C@H](CO)[C@@H](O)[C@H](O)[C@@H]3O[C@@H]3O[C@H](CO)[C@@H](O[C@@H]4O[C@H](CO)[C@H](O)[C@H](O[C@@H]5O[C@H](CO)[C@H](O)[C@H](O)[C@H]5O)[C@H]4O)[C@H](O)[C@H]3NC(C)=O)[C@@H]2O)[C@@H]1O. The van der Waals surface area contributed by atoms with Gasteiger partial charge in [-0.15, -0.1) is 0 Å². The second-order valence-corrected chi connectivity index (χ2v) is 33.8. The number of carbonyl (C=O) groups excluding carboxylic acids is 4. The molecule has 0 radical (unpaired) electrons. The van der Waals surface area contributed by atoms with E-state index in [4.69, 9.17) is 99.5 Å². The van der Waals surface area contributed by atoms with Crippen LogP contribution in [0, 0.1) is 0 Å². The van der Waals surface area contributed by atoms with Crippen molar-refractivity contribution < 1.29 is 277 Å². The number of rotatable bonds is 35. The topological polar surface area (TPSA) is 937 Å². The quantitative estimate of drug-likeness (QED) is 0.0280. The first-order chi connectivity index (χ1) is 63.5. The van der Waals surface area contributed by atoms with E-state index in [2.05, 4.69) is 21.3 Å². The first-order valence-electron chi connectivity index (χ1n) is 42.7. The average Bonchev–Trinajstić information content (AvgIpc) is 0.767. The Kier molecular flexibility index (Phi) is 39.7. The zero-order valence-electron chi connectivity index (χ0n) is 71.6. The van der Waals surface area contributed by atoms with Crippen molar-refractivity contribution in [2.24, 2.45) is 0 Å². The van der Waals surface area contributed by atoms with Gasteiger partial charge < -0.3 is 279 Å². The Bertz CT molecular complexity index is 3650. The summed E-state index contributed by atoms with van der Waals surface area (Å²) in [5.74, 6) is -3.84. The minimum atomic E-state index is -2.66. The maximum Gasteiger partial charge on any atom is 0.217 e. The molecule has 60 nitrogen and oxygen atoms in total.